The minimum atomic E-state index is 0.102. The van der Waals surface area contributed by atoms with Gasteiger partial charge in [0.25, 0.3) is 0 Å². The van der Waals surface area contributed by atoms with E-state index in [9.17, 15) is 5.26 Å². The van der Waals surface area contributed by atoms with E-state index in [1.165, 1.54) is 0 Å². The van der Waals surface area contributed by atoms with Crippen molar-refractivity contribution in [1.29, 1.82) is 5.26 Å². The second-order valence-corrected chi connectivity index (χ2v) is 6.55. The number of rotatable bonds is 3. The van der Waals surface area contributed by atoms with E-state index in [0.717, 1.165) is 62.8 Å². The van der Waals surface area contributed by atoms with Crippen LogP contribution in [-0.2, 0) is 13.0 Å². The molecule has 124 valence electrons. The third-order valence-corrected chi connectivity index (χ3v) is 5.02. The largest absolute Gasteiger partial charge is 0.356 e. The summed E-state index contributed by atoms with van der Waals surface area (Å²) in [7, 11) is 1.79. The van der Waals surface area contributed by atoms with Gasteiger partial charge in [-0.25, -0.2) is 0 Å². The number of aliphatic imine (C=N–C) groups is 1. The lowest BCUT2D eigenvalue weighted by Crippen LogP contribution is -2.46. The molecule has 1 saturated carbocycles. The van der Waals surface area contributed by atoms with Gasteiger partial charge in [-0.2, -0.15) is 5.26 Å². The van der Waals surface area contributed by atoms with Gasteiger partial charge in [0.05, 0.1) is 12.0 Å². The molecule has 0 bridgehead atoms. The molecule has 0 amide bonds. The van der Waals surface area contributed by atoms with Crippen molar-refractivity contribution in [3.8, 4) is 6.07 Å². The van der Waals surface area contributed by atoms with E-state index >= 15 is 0 Å². The Morgan fingerprint density at radius 2 is 2.26 bits per heavy atom. The molecule has 23 heavy (non-hydrogen) atoms. The van der Waals surface area contributed by atoms with Crippen LogP contribution in [0.15, 0.2) is 4.99 Å². The van der Waals surface area contributed by atoms with Crippen LogP contribution in [0.1, 0.15) is 37.3 Å². The van der Waals surface area contributed by atoms with Crippen LogP contribution in [0.2, 0.25) is 0 Å². The van der Waals surface area contributed by atoms with E-state index in [2.05, 4.69) is 36.5 Å². The van der Waals surface area contributed by atoms with Crippen LogP contribution in [-0.4, -0.2) is 40.4 Å². The van der Waals surface area contributed by atoms with Crippen LogP contribution in [0, 0.1) is 30.1 Å². The summed E-state index contributed by atoms with van der Waals surface area (Å²) in [5.41, 5.74) is 0. The van der Waals surface area contributed by atoms with Crippen molar-refractivity contribution in [2.75, 3.05) is 13.6 Å². The lowest BCUT2D eigenvalue weighted by molar-refractivity contribution is 0.357. The van der Waals surface area contributed by atoms with Crippen molar-refractivity contribution < 1.29 is 0 Å². The van der Waals surface area contributed by atoms with Crippen molar-refractivity contribution in [1.82, 2.24) is 25.4 Å². The van der Waals surface area contributed by atoms with Gasteiger partial charge in [0, 0.05) is 32.6 Å². The molecule has 3 atom stereocenters. The number of guanidine groups is 1. The Hall–Kier alpha value is -2.10. The van der Waals surface area contributed by atoms with Gasteiger partial charge in [0.1, 0.15) is 11.6 Å². The standard InChI is InChI=1S/C16H25N7/c1-11-21-22-15-7-6-12(10-23(11)15)9-19-16(18-2)20-14-5-3-4-13(14)8-17/h12-14H,3-7,9-10H2,1-2H3,(H2,18,19,20). The summed E-state index contributed by atoms with van der Waals surface area (Å²) in [5.74, 6) is 3.55. The number of aryl methyl sites for hydroxylation is 2. The molecule has 0 spiro atoms. The molecule has 1 aromatic rings. The molecule has 2 N–H and O–H groups in total. The van der Waals surface area contributed by atoms with Crippen LogP contribution >= 0.6 is 0 Å². The van der Waals surface area contributed by atoms with Crippen molar-refractivity contribution in [2.24, 2.45) is 16.8 Å². The SMILES string of the molecule is CN=C(NCC1CCc2nnc(C)n2C1)NC1CCCC1C#N. The highest BCUT2D eigenvalue weighted by atomic mass is 15.3. The van der Waals surface area contributed by atoms with Crippen molar-refractivity contribution in [3.05, 3.63) is 11.6 Å². The number of aromatic nitrogens is 3. The zero-order valence-electron chi connectivity index (χ0n) is 13.9. The van der Waals surface area contributed by atoms with Crippen LogP contribution in [0.5, 0.6) is 0 Å². The Labute approximate surface area is 137 Å². The molecule has 7 heteroatoms. The average molecular weight is 315 g/mol. The summed E-state index contributed by atoms with van der Waals surface area (Å²) < 4.78 is 2.22. The van der Waals surface area contributed by atoms with Crippen LogP contribution in [0.3, 0.4) is 0 Å². The number of nitrogens with one attached hydrogen (secondary N) is 2. The normalized spacial score (nSPS) is 27.3. The van der Waals surface area contributed by atoms with Gasteiger partial charge in [-0.3, -0.25) is 4.99 Å². The van der Waals surface area contributed by atoms with Gasteiger partial charge in [-0.1, -0.05) is 0 Å². The molecule has 0 saturated heterocycles. The lowest BCUT2D eigenvalue weighted by atomic mass is 9.99. The number of hydrogen-bond acceptors (Lipinski definition) is 4. The van der Waals surface area contributed by atoms with Crippen molar-refractivity contribution in [2.45, 2.75) is 51.6 Å². The Morgan fingerprint density at radius 1 is 1.39 bits per heavy atom. The molecule has 7 nitrogen and oxygen atoms in total. The summed E-state index contributed by atoms with van der Waals surface area (Å²) >= 11 is 0. The van der Waals surface area contributed by atoms with Gasteiger partial charge < -0.3 is 15.2 Å². The molecule has 3 rings (SSSR count). The second kappa shape index (κ2) is 6.99. The fourth-order valence-electron chi connectivity index (χ4n) is 3.60. The van der Waals surface area contributed by atoms with Gasteiger partial charge in [-0.15, -0.1) is 10.2 Å². The molecule has 2 aliphatic rings. The molecule has 0 aromatic carbocycles. The first-order valence-corrected chi connectivity index (χ1v) is 8.46. The summed E-state index contributed by atoms with van der Waals surface area (Å²) in [6.45, 7) is 3.85. The summed E-state index contributed by atoms with van der Waals surface area (Å²) in [6.07, 6.45) is 5.25. The first-order valence-electron chi connectivity index (χ1n) is 8.46. The minimum Gasteiger partial charge on any atom is -0.356 e. The maximum Gasteiger partial charge on any atom is 0.191 e. The third kappa shape index (κ3) is 3.46. The minimum absolute atomic E-state index is 0.102. The Kier molecular flexibility index (Phi) is 4.79. The third-order valence-electron chi connectivity index (χ3n) is 5.02. The monoisotopic (exact) mass is 315 g/mol. The van der Waals surface area contributed by atoms with Crippen LogP contribution in [0.25, 0.3) is 0 Å². The molecular weight excluding hydrogens is 290 g/mol. The summed E-state index contributed by atoms with van der Waals surface area (Å²) in [4.78, 5) is 4.31. The van der Waals surface area contributed by atoms with E-state index in [-0.39, 0.29) is 12.0 Å². The molecular formula is C16H25N7. The van der Waals surface area contributed by atoms with Gasteiger partial charge >= 0.3 is 0 Å². The Balaban J connectivity index is 1.51. The summed E-state index contributed by atoms with van der Waals surface area (Å²) in [6, 6.07) is 2.63. The predicted molar refractivity (Wildman–Crippen MR) is 87.8 cm³/mol. The van der Waals surface area contributed by atoms with Crippen LogP contribution in [0.4, 0.5) is 0 Å². The molecule has 1 aliphatic heterocycles. The number of hydrogen-bond donors (Lipinski definition) is 2. The van der Waals surface area contributed by atoms with Crippen molar-refractivity contribution >= 4 is 5.96 Å². The molecule has 3 unspecified atom stereocenters. The van der Waals surface area contributed by atoms with Crippen LogP contribution < -0.4 is 10.6 Å². The van der Waals surface area contributed by atoms with E-state index in [1.807, 2.05) is 6.92 Å². The molecule has 0 radical (unpaired) electrons. The van der Waals surface area contributed by atoms with Gasteiger partial charge in [-0.05, 0) is 38.5 Å². The van der Waals surface area contributed by atoms with E-state index in [1.54, 1.807) is 7.05 Å². The quantitative estimate of drug-likeness (QED) is 0.641. The maximum atomic E-state index is 9.19. The highest BCUT2D eigenvalue weighted by molar-refractivity contribution is 5.80. The van der Waals surface area contributed by atoms with Crippen molar-refractivity contribution in [3.63, 3.8) is 0 Å². The molecule has 2 heterocycles. The summed E-state index contributed by atoms with van der Waals surface area (Å²) in [5, 5.41) is 24.4. The first-order chi connectivity index (χ1) is 11.2. The Morgan fingerprint density at radius 3 is 3.04 bits per heavy atom. The second-order valence-electron chi connectivity index (χ2n) is 6.55. The number of fused-ring (bicyclic) bond motifs is 1. The predicted octanol–water partition coefficient (Wildman–Crippen LogP) is 1.01. The fraction of sp³-hybridized carbons (Fsp3) is 0.750. The zero-order valence-corrected chi connectivity index (χ0v) is 13.9. The van der Waals surface area contributed by atoms with E-state index in [4.69, 9.17) is 0 Å². The molecule has 1 aromatic heterocycles. The topological polar surface area (TPSA) is 90.9 Å². The highest BCUT2D eigenvalue weighted by Gasteiger charge is 2.28. The zero-order chi connectivity index (χ0) is 16.2. The van der Waals surface area contributed by atoms with Gasteiger partial charge in [0.2, 0.25) is 0 Å². The van der Waals surface area contributed by atoms with E-state index < -0.39 is 0 Å². The highest BCUT2D eigenvalue weighted by Crippen LogP contribution is 2.24. The van der Waals surface area contributed by atoms with Gasteiger partial charge in [0.15, 0.2) is 5.96 Å². The van der Waals surface area contributed by atoms with E-state index in [0.29, 0.717) is 5.92 Å². The first kappa shape index (κ1) is 15.8. The molecule has 1 aliphatic carbocycles. The smallest absolute Gasteiger partial charge is 0.191 e. The maximum absolute atomic E-state index is 9.19. The average Bonchev–Trinajstić information content (AvgIpc) is 3.18. The fourth-order valence-corrected chi connectivity index (χ4v) is 3.60. The number of nitrogens with zero attached hydrogens (tertiary/aromatic N) is 5. The molecule has 1 fully saturated rings. The lowest BCUT2D eigenvalue weighted by Gasteiger charge is -2.26. The number of nitriles is 1. The Bertz CT molecular complexity index is 612.